The lowest BCUT2D eigenvalue weighted by atomic mass is 9.86. The van der Waals surface area contributed by atoms with Crippen LogP contribution in [0, 0.1) is 6.92 Å². The van der Waals surface area contributed by atoms with Crippen LogP contribution in [-0.2, 0) is 0 Å². The highest BCUT2D eigenvalue weighted by Crippen LogP contribution is 2.42. The van der Waals surface area contributed by atoms with Gasteiger partial charge in [0.15, 0.2) is 0 Å². The average molecular weight is 540 g/mol. The molecule has 1 unspecified atom stereocenters. The number of hydrogen-bond donors (Lipinski definition) is 3. The van der Waals surface area contributed by atoms with Crippen molar-refractivity contribution in [1.82, 2.24) is 25.2 Å². The van der Waals surface area contributed by atoms with Gasteiger partial charge in [-0.1, -0.05) is 23.3 Å². The molecule has 0 amide bonds. The highest BCUT2D eigenvalue weighted by molar-refractivity contribution is 6.31. The lowest BCUT2D eigenvalue weighted by Gasteiger charge is -2.35. The smallest absolute Gasteiger partial charge is 0.136 e. The summed E-state index contributed by atoms with van der Waals surface area (Å²) in [4.78, 5) is 13.0. The summed E-state index contributed by atoms with van der Waals surface area (Å²) < 4.78 is 5.86. The molecule has 10 heteroatoms. The van der Waals surface area contributed by atoms with Gasteiger partial charge in [-0.15, -0.1) is 24.8 Å². The van der Waals surface area contributed by atoms with Crippen molar-refractivity contribution in [3.8, 4) is 5.75 Å². The second-order valence-corrected chi connectivity index (χ2v) is 9.00. The Hall–Kier alpha value is -2.45. The van der Waals surface area contributed by atoms with E-state index in [0.29, 0.717) is 11.7 Å². The number of aromatic nitrogens is 3. The number of methoxy groups -OCH3 is 1. The normalized spacial score (nSPS) is 15.7. The van der Waals surface area contributed by atoms with Crippen LogP contribution in [0.15, 0.2) is 48.7 Å². The van der Waals surface area contributed by atoms with E-state index in [1.54, 1.807) is 19.5 Å². The molecule has 0 radical (unpaired) electrons. The van der Waals surface area contributed by atoms with Gasteiger partial charge < -0.3 is 25.7 Å². The number of anilines is 1. The van der Waals surface area contributed by atoms with E-state index in [0.717, 1.165) is 46.9 Å². The number of rotatable bonds is 4. The minimum absolute atomic E-state index is 0. The second-order valence-electron chi connectivity index (χ2n) is 8.59. The van der Waals surface area contributed by atoms with Crippen LogP contribution < -0.4 is 15.8 Å². The Morgan fingerprint density at radius 2 is 1.94 bits per heavy atom. The Kier molecular flexibility index (Phi) is 10.3. The van der Waals surface area contributed by atoms with Gasteiger partial charge in [0, 0.05) is 54.1 Å². The molecule has 1 aromatic carbocycles. The molecule has 1 saturated heterocycles. The molecule has 2 aliphatic rings. The quantitative estimate of drug-likeness (QED) is 0.402. The van der Waals surface area contributed by atoms with Crippen LogP contribution in [0.3, 0.4) is 0 Å². The molecule has 1 fully saturated rings. The van der Waals surface area contributed by atoms with Crippen LogP contribution >= 0.6 is 36.4 Å². The lowest BCUT2D eigenvalue weighted by molar-refractivity contribution is 0.303. The number of ether oxygens (including phenoxy) is 1. The first kappa shape index (κ1) is 28.8. The summed E-state index contributed by atoms with van der Waals surface area (Å²) in [6.45, 7) is 9.41. The van der Waals surface area contributed by atoms with Crippen LogP contribution in [0.25, 0.3) is 10.9 Å². The summed E-state index contributed by atoms with van der Waals surface area (Å²) in [5.41, 5.74) is 11.3. The van der Waals surface area contributed by atoms with Gasteiger partial charge in [-0.2, -0.15) is 0 Å². The zero-order chi connectivity index (χ0) is 23.5. The minimum Gasteiger partial charge on any atom is -0.496 e. The fraction of sp³-hybridized carbons (Fsp3) is 0.360. The highest BCUT2D eigenvalue weighted by atomic mass is 35.5. The molecular formula is C25H33Cl3N6O. The molecule has 0 bridgehead atoms. The molecule has 7 nitrogen and oxygen atoms in total. The van der Waals surface area contributed by atoms with Crippen molar-refractivity contribution in [3.63, 3.8) is 0 Å². The summed E-state index contributed by atoms with van der Waals surface area (Å²) in [7, 11) is 1.77. The van der Waals surface area contributed by atoms with E-state index in [2.05, 4.69) is 70.4 Å². The number of allylic oxidation sites excluding steroid dienone is 2. The van der Waals surface area contributed by atoms with Crippen LogP contribution in [0.5, 0.6) is 5.75 Å². The van der Waals surface area contributed by atoms with Gasteiger partial charge >= 0.3 is 0 Å². The Balaban J connectivity index is 0.000000303. The third-order valence-corrected chi connectivity index (χ3v) is 6.77. The fourth-order valence-corrected chi connectivity index (χ4v) is 4.55. The van der Waals surface area contributed by atoms with Gasteiger partial charge in [-0.25, -0.2) is 9.97 Å². The number of nitrogens with zero attached hydrogens (tertiary/aromatic N) is 3. The molecule has 3 aromatic rings. The third kappa shape index (κ3) is 6.04. The van der Waals surface area contributed by atoms with E-state index in [1.165, 1.54) is 23.0 Å². The number of H-pyrrole nitrogens is 1. The molecule has 0 saturated carbocycles. The number of hydrogen-bond acceptors (Lipinski definition) is 6. The molecule has 190 valence electrons. The first-order valence-electron chi connectivity index (χ1n) is 11.1. The number of benzene rings is 1. The summed E-state index contributed by atoms with van der Waals surface area (Å²) in [6.07, 6.45) is 11.4. The molecule has 4 N–H and O–H groups in total. The number of halogens is 3. The Morgan fingerprint density at radius 3 is 2.54 bits per heavy atom. The van der Waals surface area contributed by atoms with Crippen molar-refractivity contribution < 1.29 is 4.74 Å². The predicted molar refractivity (Wildman–Crippen MR) is 149 cm³/mol. The molecule has 35 heavy (non-hydrogen) atoms. The summed E-state index contributed by atoms with van der Waals surface area (Å²) in [6, 6.07) is 2.30. The fourth-order valence-electron chi connectivity index (χ4n) is 4.33. The average Bonchev–Trinajstić information content (AvgIpc) is 3.26. The van der Waals surface area contributed by atoms with E-state index in [4.69, 9.17) is 22.1 Å². The maximum atomic E-state index is 6.56. The lowest BCUT2D eigenvalue weighted by Crippen LogP contribution is -2.40. The highest BCUT2D eigenvalue weighted by Gasteiger charge is 2.29. The maximum Gasteiger partial charge on any atom is 0.136 e. The monoisotopic (exact) mass is 538 g/mol. The number of fused-ring (bicyclic) bond motifs is 1. The van der Waals surface area contributed by atoms with E-state index < -0.39 is 0 Å². The van der Waals surface area contributed by atoms with Crippen molar-refractivity contribution in [2.75, 3.05) is 32.5 Å². The van der Waals surface area contributed by atoms with Crippen molar-refractivity contribution in [2.24, 2.45) is 0 Å². The topological polar surface area (TPSA) is 92.1 Å². The van der Waals surface area contributed by atoms with Crippen LogP contribution in [0.4, 0.5) is 5.82 Å². The first-order chi connectivity index (χ1) is 15.9. The summed E-state index contributed by atoms with van der Waals surface area (Å²) >= 11 is 6.56. The van der Waals surface area contributed by atoms with Crippen LogP contribution in [0.2, 0.25) is 5.02 Å². The third-order valence-electron chi connectivity index (χ3n) is 6.38. The predicted octanol–water partition coefficient (Wildman–Crippen LogP) is 5.56. The van der Waals surface area contributed by atoms with Gasteiger partial charge in [0.25, 0.3) is 0 Å². The number of nitrogens with one attached hydrogen (secondary N) is 2. The van der Waals surface area contributed by atoms with E-state index >= 15 is 0 Å². The van der Waals surface area contributed by atoms with E-state index in [-0.39, 0.29) is 30.9 Å². The van der Waals surface area contributed by atoms with Gasteiger partial charge in [0.05, 0.1) is 24.1 Å². The molecular weight excluding hydrogens is 507 g/mol. The Morgan fingerprint density at radius 1 is 1.20 bits per heavy atom. The Bertz CT molecular complexity index is 1210. The van der Waals surface area contributed by atoms with Crippen LogP contribution in [-0.4, -0.2) is 46.6 Å². The molecule has 2 aliphatic heterocycles. The molecule has 1 atom stereocenters. The van der Waals surface area contributed by atoms with Crippen LogP contribution in [0.1, 0.15) is 42.5 Å². The zero-order valence-corrected chi connectivity index (χ0v) is 22.7. The molecule has 0 spiro atoms. The minimum atomic E-state index is 0. The molecule has 0 aliphatic carbocycles. The van der Waals surface area contributed by atoms with E-state index in [9.17, 15) is 0 Å². The summed E-state index contributed by atoms with van der Waals surface area (Å²) in [5, 5.41) is 5.06. The van der Waals surface area contributed by atoms with Gasteiger partial charge in [-0.3, -0.25) is 0 Å². The number of nitrogens with two attached hydrogens (primary N) is 1. The SMILES string of the molecule is COc1c(C(C)N2C=CC=C(C)C2)cc(Cl)c(C)c1C1CNC1.Cl.Cl.Nc1ncnc2c[nH]cc12. The van der Waals surface area contributed by atoms with Crippen molar-refractivity contribution in [3.05, 3.63) is 70.4 Å². The maximum absolute atomic E-state index is 6.56. The van der Waals surface area contributed by atoms with Crippen molar-refractivity contribution >= 4 is 53.1 Å². The first-order valence-corrected chi connectivity index (χ1v) is 11.5. The summed E-state index contributed by atoms with van der Waals surface area (Å²) in [5.74, 6) is 2.02. The van der Waals surface area contributed by atoms with Gasteiger partial charge in [0.2, 0.25) is 0 Å². The molecule has 2 aromatic heterocycles. The molecule has 4 heterocycles. The second kappa shape index (κ2) is 12.5. The number of aromatic amines is 1. The standard InChI is InChI=1S/C19H25ClN2O.C6H6N4.2ClH/c1-12-6-5-7-22(11-12)14(3)16-8-17(20)13(2)18(19(16)23-4)15-9-21-10-15;7-6-4-1-8-2-5(4)9-3-10-6;;/h5-8,14-15,21H,9-11H2,1-4H3;1-3,8H,(H2,7,9,10);2*1H. The largest absolute Gasteiger partial charge is 0.496 e. The van der Waals surface area contributed by atoms with Gasteiger partial charge in [0.1, 0.15) is 17.9 Å². The molecule has 5 rings (SSSR count). The van der Waals surface area contributed by atoms with Crippen molar-refractivity contribution in [1.29, 1.82) is 0 Å². The Labute approximate surface area is 224 Å². The zero-order valence-electron chi connectivity index (χ0n) is 20.3. The van der Waals surface area contributed by atoms with Crippen molar-refractivity contribution in [2.45, 2.75) is 32.7 Å². The van der Waals surface area contributed by atoms with E-state index in [1.807, 2.05) is 0 Å². The van der Waals surface area contributed by atoms with Gasteiger partial charge in [-0.05, 0) is 44.7 Å². The number of nitrogen functional groups attached to an aromatic ring is 1.